The van der Waals surface area contributed by atoms with Crippen molar-refractivity contribution >= 4 is 41.3 Å². The van der Waals surface area contributed by atoms with Crippen molar-refractivity contribution < 1.29 is 4.39 Å². The van der Waals surface area contributed by atoms with Crippen LogP contribution in [0.5, 0.6) is 0 Å². The van der Waals surface area contributed by atoms with Crippen molar-refractivity contribution in [2.24, 2.45) is 4.99 Å². The van der Waals surface area contributed by atoms with E-state index in [4.69, 9.17) is 0 Å². The van der Waals surface area contributed by atoms with Crippen molar-refractivity contribution in [3.05, 3.63) is 57.5 Å². The van der Waals surface area contributed by atoms with Crippen molar-refractivity contribution in [1.82, 2.24) is 10.6 Å². The molecule has 0 aliphatic heterocycles. The van der Waals surface area contributed by atoms with Crippen LogP contribution in [-0.4, -0.2) is 13.0 Å². The SMILES string of the molecule is CN=C(NCc1cccc(F)c1)NCc1ccc(C)s1.I. The van der Waals surface area contributed by atoms with Gasteiger partial charge in [0.2, 0.25) is 0 Å². The predicted octanol–water partition coefficient (Wildman–Crippen LogP) is 3.68. The summed E-state index contributed by atoms with van der Waals surface area (Å²) >= 11 is 1.76. The van der Waals surface area contributed by atoms with Gasteiger partial charge >= 0.3 is 0 Å². The van der Waals surface area contributed by atoms with Crippen LogP contribution in [0.1, 0.15) is 15.3 Å². The number of aryl methyl sites for hydroxylation is 1. The summed E-state index contributed by atoms with van der Waals surface area (Å²) in [6, 6.07) is 10.7. The first-order valence-corrected chi connectivity index (χ1v) is 7.23. The molecule has 21 heavy (non-hydrogen) atoms. The molecule has 2 aromatic rings. The first-order chi connectivity index (χ1) is 9.67. The Morgan fingerprint density at radius 1 is 1.19 bits per heavy atom. The molecule has 1 aromatic carbocycles. The highest BCUT2D eigenvalue weighted by molar-refractivity contribution is 14.0. The fourth-order valence-electron chi connectivity index (χ4n) is 1.80. The zero-order valence-corrected chi connectivity index (χ0v) is 15.2. The van der Waals surface area contributed by atoms with Gasteiger partial charge in [0, 0.05) is 23.3 Å². The maximum absolute atomic E-state index is 13.1. The molecule has 0 amide bonds. The van der Waals surface area contributed by atoms with Crippen molar-refractivity contribution in [3.8, 4) is 0 Å². The standard InChI is InChI=1S/C15H18FN3S.HI/c1-11-6-7-14(20-11)10-19-15(17-2)18-9-12-4-3-5-13(16)8-12;/h3-8H,9-10H2,1-2H3,(H2,17,18,19);1H. The van der Waals surface area contributed by atoms with E-state index in [1.807, 2.05) is 6.07 Å². The molecule has 114 valence electrons. The van der Waals surface area contributed by atoms with E-state index in [0.29, 0.717) is 12.5 Å². The molecule has 0 bridgehead atoms. The van der Waals surface area contributed by atoms with E-state index in [-0.39, 0.29) is 29.8 Å². The van der Waals surface area contributed by atoms with Gasteiger partial charge in [-0.25, -0.2) is 4.39 Å². The van der Waals surface area contributed by atoms with Crippen LogP contribution in [-0.2, 0) is 13.1 Å². The van der Waals surface area contributed by atoms with Gasteiger partial charge in [0.1, 0.15) is 5.82 Å². The molecule has 0 aliphatic rings. The molecule has 0 saturated heterocycles. The van der Waals surface area contributed by atoms with Gasteiger partial charge in [0.25, 0.3) is 0 Å². The van der Waals surface area contributed by atoms with Gasteiger partial charge < -0.3 is 10.6 Å². The van der Waals surface area contributed by atoms with Gasteiger partial charge in [-0.05, 0) is 36.8 Å². The van der Waals surface area contributed by atoms with E-state index in [1.165, 1.54) is 21.9 Å². The molecule has 2 rings (SSSR count). The van der Waals surface area contributed by atoms with Gasteiger partial charge in [-0.2, -0.15) is 0 Å². The zero-order chi connectivity index (χ0) is 14.4. The third kappa shape index (κ3) is 6.01. The number of thiophene rings is 1. The monoisotopic (exact) mass is 419 g/mol. The Morgan fingerprint density at radius 2 is 1.95 bits per heavy atom. The summed E-state index contributed by atoms with van der Waals surface area (Å²) < 4.78 is 13.1. The van der Waals surface area contributed by atoms with Gasteiger partial charge in [-0.1, -0.05) is 12.1 Å². The molecule has 0 radical (unpaired) electrons. The van der Waals surface area contributed by atoms with E-state index in [1.54, 1.807) is 24.5 Å². The third-order valence-electron chi connectivity index (χ3n) is 2.80. The fraction of sp³-hybridized carbons (Fsp3) is 0.267. The van der Waals surface area contributed by atoms with Crippen LogP contribution in [0.3, 0.4) is 0 Å². The predicted molar refractivity (Wildman–Crippen MR) is 97.9 cm³/mol. The molecule has 0 fully saturated rings. The Hall–Kier alpha value is -1.15. The Balaban J connectivity index is 0.00000220. The van der Waals surface area contributed by atoms with E-state index in [9.17, 15) is 4.39 Å². The number of guanidine groups is 1. The highest BCUT2D eigenvalue weighted by Crippen LogP contribution is 2.14. The summed E-state index contributed by atoms with van der Waals surface area (Å²) in [5.41, 5.74) is 0.889. The maximum Gasteiger partial charge on any atom is 0.191 e. The lowest BCUT2D eigenvalue weighted by Gasteiger charge is -2.11. The van der Waals surface area contributed by atoms with E-state index >= 15 is 0 Å². The number of hydrogen-bond donors (Lipinski definition) is 2. The van der Waals surface area contributed by atoms with Crippen molar-refractivity contribution in [2.45, 2.75) is 20.0 Å². The average Bonchev–Trinajstić information content (AvgIpc) is 2.85. The molecule has 0 unspecified atom stereocenters. The third-order valence-corrected chi connectivity index (χ3v) is 3.80. The quantitative estimate of drug-likeness (QED) is 0.451. The minimum Gasteiger partial charge on any atom is -0.352 e. The molecule has 0 aliphatic carbocycles. The second kappa shape index (κ2) is 8.99. The van der Waals surface area contributed by atoms with E-state index in [2.05, 4.69) is 34.7 Å². The summed E-state index contributed by atoms with van der Waals surface area (Å²) in [6.45, 7) is 3.37. The topological polar surface area (TPSA) is 36.4 Å². The minimum absolute atomic E-state index is 0. The largest absolute Gasteiger partial charge is 0.352 e. The lowest BCUT2D eigenvalue weighted by atomic mass is 10.2. The molecule has 1 aromatic heterocycles. The summed E-state index contributed by atoms with van der Waals surface area (Å²) in [7, 11) is 1.72. The lowest BCUT2D eigenvalue weighted by molar-refractivity contribution is 0.624. The number of rotatable bonds is 4. The van der Waals surface area contributed by atoms with Crippen LogP contribution in [0, 0.1) is 12.7 Å². The number of aliphatic imine (C=N–C) groups is 1. The molecule has 6 heteroatoms. The smallest absolute Gasteiger partial charge is 0.191 e. The molecular weight excluding hydrogens is 400 g/mol. The number of nitrogens with zero attached hydrogens (tertiary/aromatic N) is 1. The molecule has 0 atom stereocenters. The number of nitrogens with one attached hydrogen (secondary N) is 2. The van der Waals surface area contributed by atoms with Crippen LogP contribution < -0.4 is 10.6 Å². The molecule has 2 N–H and O–H groups in total. The highest BCUT2D eigenvalue weighted by atomic mass is 127. The lowest BCUT2D eigenvalue weighted by Crippen LogP contribution is -2.36. The first-order valence-electron chi connectivity index (χ1n) is 6.41. The molecule has 0 spiro atoms. The van der Waals surface area contributed by atoms with Crippen molar-refractivity contribution in [3.63, 3.8) is 0 Å². The molecule has 1 heterocycles. The Kier molecular flexibility index (Phi) is 7.66. The van der Waals surface area contributed by atoms with Crippen LogP contribution >= 0.6 is 35.3 Å². The van der Waals surface area contributed by atoms with Crippen molar-refractivity contribution in [2.75, 3.05) is 7.05 Å². The Morgan fingerprint density at radius 3 is 2.57 bits per heavy atom. The Labute approximate surface area is 145 Å². The minimum atomic E-state index is -0.221. The normalized spacial score (nSPS) is 10.9. The first kappa shape index (κ1) is 17.9. The second-order valence-corrected chi connectivity index (χ2v) is 5.79. The van der Waals surface area contributed by atoms with Crippen LogP contribution in [0.2, 0.25) is 0 Å². The number of hydrogen-bond acceptors (Lipinski definition) is 2. The van der Waals surface area contributed by atoms with Gasteiger partial charge in [-0.3, -0.25) is 4.99 Å². The van der Waals surface area contributed by atoms with Crippen LogP contribution in [0.15, 0.2) is 41.4 Å². The van der Waals surface area contributed by atoms with Gasteiger partial charge in [0.15, 0.2) is 5.96 Å². The molecular formula is C15H19FIN3S. The number of benzene rings is 1. The fourth-order valence-corrected chi connectivity index (χ4v) is 2.63. The van der Waals surface area contributed by atoms with Gasteiger partial charge in [-0.15, -0.1) is 35.3 Å². The summed E-state index contributed by atoms with van der Waals surface area (Å²) in [5, 5.41) is 6.41. The highest BCUT2D eigenvalue weighted by Gasteiger charge is 2.01. The molecule has 3 nitrogen and oxygen atoms in total. The molecule has 0 saturated carbocycles. The van der Waals surface area contributed by atoms with Gasteiger partial charge in [0.05, 0.1) is 6.54 Å². The second-order valence-electron chi connectivity index (χ2n) is 4.42. The van der Waals surface area contributed by atoms with Crippen LogP contribution in [0.25, 0.3) is 0 Å². The maximum atomic E-state index is 13.1. The summed E-state index contributed by atoms with van der Waals surface area (Å²) in [6.07, 6.45) is 0. The van der Waals surface area contributed by atoms with Crippen LogP contribution in [0.4, 0.5) is 4.39 Å². The Bertz CT molecular complexity index is 598. The average molecular weight is 419 g/mol. The number of halogens is 2. The zero-order valence-electron chi connectivity index (χ0n) is 12.0. The summed E-state index contributed by atoms with van der Waals surface area (Å²) in [5.74, 6) is 0.488. The van der Waals surface area contributed by atoms with Crippen molar-refractivity contribution in [1.29, 1.82) is 0 Å². The van der Waals surface area contributed by atoms with E-state index in [0.717, 1.165) is 12.1 Å². The summed E-state index contributed by atoms with van der Waals surface area (Å²) in [4.78, 5) is 6.71. The van der Waals surface area contributed by atoms with E-state index < -0.39 is 0 Å².